The second-order valence-corrected chi connectivity index (χ2v) is 10.5. The molecule has 0 aliphatic carbocycles. The van der Waals surface area contributed by atoms with Gasteiger partial charge in [0.1, 0.15) is 11.6 Å². The number of carbonyl (C=O) groups excluding carboxylic acids is 2. The van der Waals surface area contributed by atoms with Crippen molar-refractivity contribution in [2.24, 2.45) is 5.41 Å². The molecule has 37 heavy (non-hydrogen) atoms. The zero-order chi connectivity index (χ0) is 27.0. The average Bonchev–Trinajstić information content (AvgIpc) is 2.86. The number of amides is 2. The first-order valence-electron chi connectivity index (χ1n) is 12.3. The fourth-order valence-corrected chi connectivity index (χ4v) is 4.93. The number of piperidine rings is 1. The largest absolute Gasteiger partial charge is 0.481 e. The summed E-state index contributed by atoms with van der Waals surface area (Å²) in [5.41, 5.74) is 0.458. The van der Waals surface area contributed by atoms with Crippen LogP contribution in [0.1, 0.15) is 49.0 Å². The number of hydrogen-bond donors (Lipinski definition) is 3. The second kappa shape index (κ2) is 9.99. The van der Waals surface area contributed by atoms with E-state index in [9.17, 15) is 28.3 Å². The molecule has 4 rings (SSSR count). The van der Waals surface area contributed by atoms with Crippen LogP contribution in [-0.4, -0.2) is 60.0 Å². The third kappa shape index (κ3) is 5.38. The molecule has 1 saturated heterocycles. The fraction of sp³-hybridized carbons (Fsp3) is 0.444. The Hall–Kier alpha value is -3.69. The van der Waals surface area contributed by atoms with Crippen LogP contribution in [0.4, 0.5) is 25.0 Å². The van der Waals surface area contributed by atoms with E-state index >= 15 is 0 Å². The lowest BCUT2D eigenvalue weighted by Gasteiger charge is -2.50. The Bertz CT molecular complexity index is 1220. The molecule has 1 fully saturated rings. The van der Waals surface area contributed by atoms with Gasteiger partial charge < -0.3 is 25.5 Å². The molecule has 0 radical (unpaired) electrons. The first kappa shape index (κ1) is 26.4. The van der Waals surface area contributed by atoms with Crippen LogP contribution in [0.15, 0.2) is 36.4 Å². The number of nitrogens with zero attached hydrogens (tertiary/aromatic N) is 2. The van der Waals surface area contributed by atoms with Gasteiger partial charge in [0.05, 0.1) is 16.6 Å². The summed E-state index contributed by atoms with van der Waals surface area (Å²) >= 11 is 0. The fourth-order valence-electron chi connectivity index (χ4n) is 4.93. The third-order valence-electron chi connectivity index (χ3n) is 7.58. The number of carbonyl (C=O) groups is 3. The van der Waals surface area contributed by atoms with Crippen LogP contribution in [0.2, 0.25) is 0 Å². The van der Waals surface area contributed by atoms with E-state index in [-0.39, 0.29) is 37.0 Å². The van der Waals surface area contributed by atoms with Crippen LogP contribution < -0.4 is 15.5 Å². The van der Waals surface area contributed by atoms with E-state index in [4.69, 9.17) is 0 Å². The first-order valence-corrected chi connectivity index (χ1v) is 12.3. The minimum atomic E-state index is -1.07. The summed E-state index contributed by atoms with van der Waals surface area (Å²) in [5.74, 6) is -2.02. The molecular weight excluding hydrogens is 482 g/mol. The normalized spacial score (nSPS) is 16.9. The Morgan fingerprint density at radius 2 is 1.81 bits per heavy atom. The molecule has 1 spiro atoms. The van der Waals surface area contributed by atoms with Crippen molar-refractivity contribution in [3.05, 3.63) is 59.2 Å². The molecule has 198 valence electrons. The van der Waals surface area contributed by atoms with E-state index in [0.717, 1.165) is 0 Å². The summed E-state index contributed by atoms with van der Waals surface area (Å²) in [6.07, 6.45) is 1.48. The van der Waals surface area contributed by atoms with Crippen molar-refractivity contribution in [2.45, 2.75) is 45.2 Å². The predicted octanol–water partition coefficient (Wildman–Crippen LogP) is 4.25. The predicted molar refractivity (Wildman–Crippen MR) is 136 cm³/mol. The number of fused-ring (bicyclic) bond motifs is 1. The van der Waals surface area contributed by atoms with E-state index < -0.39 is 28.6 Å². The van der Waals surface area contributed by atoms with Crippen molar-refractivity contribution in [3.63, 3.8) is 0 Å². The molecule has 2 aliphatic heterocycles. The molecule has 0 saturated carbocycles. The zero-order valence-corrected chi connectivity index (χ0v) is 21.2. The average molecular weight is 515 g/mol. The summed E-state index contributed by atoms with van der Waals surface area (Å²) in [7, 11) is 1.91. The summed E-state index contributed by atoms with van der Waals surface area (Å²) in [5, 5.41) is 15.0. The number of halogens is 2. The summed E-state index contributed by atoms with van der Waals surface area (Å²) < 4.78 is 27.9. The molecule has 8 nitrogen and oxygen atoms in total. The van der Waals surface area contributed by atoms with Gasteiger partial charge in [0.25, 0.3) is 0 Å². The summed E-state index contributed by atoms with van der Waals surface area (Å²) in [4.78, 5) is 40.7. The third-order valence-corrected chi connectivity index (χ3v) is 7.58. The van der Waals surface area contributed by atoms with Gasteiger partial charge in [-0.15, -0.1) is 0 Å². The van der Waals surface area contributed by atoms with Gasteiger partial charge in [-0.3, -0.25) is 9.59 Å². The highest BCUT2D eigenvalue weighted by molar-refractivity contribution is 6.04. The number of likely N-dealkylation sites (tertiary alicyclic amines) is 1. The monoisotopic (exact) mass is 514 g/mol. The molecule has 0 bridgehead atoms. The second-order valence-electron chi connectivity index (χ2n) is 10.5. The molecule has 2 amide bonds. The Morgan fingerprint density at radius 3 is 2.49 bits per heavy atom. The molecule has 0 atom stereocenters. The molecule has 0 unspecified atom stereocenters. The van der Waals surface area contributed by atoms with Crippen molar-refractivity contribution in [1.82, 2.24) is 10.2 Å². The van der Waals surface area contributed by atoms with Crippen LogP contribution in [-0.2, 0) is 11.3 Å². The van der Waals surface area contributed by atoms with Crippen molar-refractivity contribution in [3.8, 4) is 0 Å². The van der Waals surface area contributed by atoms with Gasteiger partial charge in [-0.1, -0.05) is 6.07 Å². The highest BCUT2D eigenvalue weighted by atomic mass is 19.1. The molecule has 2 aromatic rings. The van der Waals surface area contributed by atoms with Crippen molar-refractivity contribution in [2.75, 3.05) is 36.9 Å². The highest BCUT2D eigenvalue weighted by Crippen LogP contribution is 2.42. The van der Waals surface area contributed by atoms with E-state index in [0.29, 0.717) is 42.7 Å². The number of hydrogen-bond acceptors (Lipinski definition) is 5. The maximum absolute atomic E-state index is 14.2. The van der Waals surface area contributed by atoms with E-state index in [2.05, 4.69) is 15.5 Å². The minimum absolute atomic E-state index is 0.0426. The number of urea groups is 1. The maximum atomic E-state index is 14.2. The Morgan fingerprint density at radius 1 is 1.11 bits per heavy atom. The maximum Gasteiger partial charge on any atom is 0.317 e. The number of carboxylic acids is 1. The number of Topliss-reactive ketones (excluding diaryl/α,β-unsaturated/α-hetero) is 1. The van der Waals surface area contributed by atoms with Gasteiger partial charge in [0.15, 0.2) is 5.78 Å². The Labute approximate surface area is 214 Å². The van der Waals surface area contributed by atoms with Gasteiger partial charge in [0.2, 0.25) is 0 Å². The number of nitrogens with one attached hydrogen (secondary N) is 2. The SMILES string of the molecule is CN1c2ccc(F)cc2C(=O)CC12CCN(C(=O)NCc1ccc(F)c(NCC(C)(C)C(=O)O)c1)CC2. The van der Waals surface area contributed by atoms with Gasteiger partial charge in [-0.25, -0.2) is 13.6 Å². The Balaban J connectivity index is 1.34. The lowest BCUT2D eigenvalue weighted by Crippen LogP contribution is -2.59. The molecular formula is C27H32F2N4O4. The van der Waals surface area contributed by atoms with Gasteiger partial charge in [-0.05, 0) is 62.6 Å². The van der Waals surface area contributed by atoms with E-state index in [1.54, 1.807) is 36.9 Å². The van der Waals surface area contributed by atoms with Crippen LogP contribution in [0.25, 0.3) is 0 Å². The lowest BCUT2D eigenvalue weighted by atomic mass is 9.77. The molecule has 2 aromatic carbocycles. The molecule has 10 heteroatoms. The van der Waals surface area contributed by atoms with E-state index in [1.807, 2.05) is 7.05 Å². The number of carboxylic acid groups (broad SMARTS) is 1. The number of ketones is 1. The Kier molecular flexibility index (Phi) is 7.12. The van der Waals surface area contributed by atoms with Gasteiger partial charge in [-0.2, -0.15) is 0 Å². The van der Waals surface area contributed by atoms with Gasteiger partial charge >= 0.3 is 12.0 Å². The summed E-state index contributed by atoms with van der Waals surface area (Å²) in [6, 6.07) is 8.42. The van der Waals surface area contributed by atoms with Crippen LogP contribution in [0.5, 0.6) is 0 Å². The first-order chi connectivity index (χ1) is 17.4. The number of rotatable bonds is 6. The van der Waals surface area contributed by atoms with Gasteiger partial charge in [0, 0.05) is 50.9 Å². The molecule has 3 N–H and O–H groups in total. The van der Waals surface area contributed by atoms with Crippen molar-refractivity contribution >= 4 is 29.2 Å². The summed E-state index contributed by atoms with van der Waals surface area (Å²) in [6.45, 7) is 4.23. The number of anilines is 2. The van der Waals surface area contributed by atoms with Crippen LogP contribution in [0.3, 0.4) is 0 Å². The quantitative estimate of drug-likeness (QED) is 0.533. The standard InChI is InChI=1S/C27H32F2N4O4/c1-26(2,24(35)36)16-31-21-12-17(4-6-20(21)29)15-30-25(37)33-10-8-27(9-11-33)14-23(34)19-13-18(28)5-7-22(19)32(27)3/h4-7,12-13,31H,8-11,14-16H2,1-3H3,(H,30,37)(H,35,36). The van der Waals surface area contributed by atoms with Crippen molar-refractivity contribution < 1.29 is 28.3 Å². The smallest absolute Gasteiger partial charge is 0.317 e. The molecule has 2 heterocycles. The lowest BCUT2D eigenvalue weighted by molar-refractivity contribution is -0.146. The van der Waals surface area contributed by atoms with Crippen LogP contribution in [0, 0.1) is 17.0 Å². The minimum Gasteiger partial charge on any atom is -0.481 e. The molecule has 2 aliphatic rings. The highest BCUT2D eigenvalue weighted by Gasteiger charge is 2.45. The van der Waals surface area contributed by atoms with E-state index in [1.165, 1.54) is 18.2 Å². The molecule has 0 aromatic heterocycles. The van der Waals surface area contributed by atoms with Crippen molar-refractivity contribution in [1.29, 1.82) is 0 Å². The number of benzene rings is 2. The zero-order valence-electron chi connectivity index (χ0n) is 21.2. The number of aliphatic carboxylic acids is 1. The topological polar surface area (TPSA) is 102 Å². The van der Waals surface area contributed by atoms with Crippen LogP contribution >= 0.6 is 0 Å².